The Morgan fingerprint density at radius 2 is 1.71 bits per heavy atom. The van der Waals surface area contributed by atoms with Crippen LogP contribution >= 0.6 is 0 Å². The van der Waals surface area contributed by atoms with Crippen LogP contribution in [0.4, 0.5) is 0 Å². The molecule has 2 nitrogen and oxygen atoms in total. The van der Waals surface area contributed by atoms with Crippen LogP contribution in [0.5, 0.6) is 5.75 Å². The Bertz CT molecular complexity index is 599. The number of nitrogens with one attached hydrogen (secondary N) is 1. The molecule has 1 unspecified atom stereocenters. The number of methoxy groups -OCH3 is 1. The molecule has 0 saturated heterocycles. The molecule has 0 aliphatic rings. The molecule has 0 spiro atoms. The number of likely N-dealkylation sites (N-methyl/N-ethyl adjacent to an activating group) is 1. The molecule has 1 atom stereocenters. The average molecular weight is 283 g/mol. The first-order valence-corrected chi connectivity index (χ1v) is 7.43. The average Bonchev–Trinajstić information content (AvgIpc) is 2.46. The molecule has 0 radical (unpaired) electrons. The Balaban J connectivity index is 2.38. The Hall–Kier alpha value is -1.80. The van der Waals surface area contributed by atoms with E-state index in [1.54, 1.807) is 7.11 Å². The normalized spacial score (nSPS) is 12.2. The van der Waals surface area contributed by atoms with E-state index in [4.69, 9.17) is 4.74 Å². The molecule has 2 heteroatoms. The third-order valence-corrected chi connectivity index (χ3v) is 4.10. The lowest BCUT2D eigenvalue weighted by atomic mass is 9.91. The van der Waals surface area contributed by atoms with Crippen molar-refractivity contribution >= 4 is 0 Å². The van der Waals surface area contributed by atoms with Crippen LogP contribution in [0.1, 0.15) is 33.9 Å². The van der Waals surface area contributed by atoms with Gasteiger partial charge in [-0.3, -0.25) is 0 Å². The van der Waals surface area contributed by atoms with Crippen molar-refractivity contribution in [2.45, 2.75) is 33.2 Å². The van der Waals surface area contributed by atoms with Crippen molar-refractivity contribution in [3.05, 3.63) is 64.2 Å². The zero-order chi connectivity index (χ0) is 15.4. The zero-order valence-electron chi connectivity index (χ0n) is 13.7. The van der Waals surface area contributed by atoms with Crippen molar-refractivity contribution in [1.82, 2.24) is 5.32 Å². The molecule has 112 valence electrons. The third kappa shape index (κ3) is 3.45. The molecular formula is C19H25NO. The largest absolute Gasteiger partial charge is 0.496 e. The van der Waals surface area contributed by atoms with Gasteiger partial charge in [0.05, 0.1) is 7.11 Å². The molecule has 2 aromatic carbocycles. The zero-order valence-corrected chi connectivity index (χ0v) is 13.7. The number of aryl methyl sites for hydroxylation is 3. The molecule has 1 N–H and O–H groups in total. The second-order valence-electron chi connectivity index (χ2n) is 5.67. The molecule has 0 aliphatic heterocycles. The molecule has 0 bridgehead atoms. The quantitative estimate of drug-likeness (QED) is 0.891. The monoisotopic (exact) mass is 283 g/mol. The summed E-state index contributed by atoms with van der Waals surface area (Å²) in [7, 11) is 3.76. The van der Waals surface area contributed by atoms with Crippen molar-refractivity contribution in [1.29, 1.82) is 0 Å². The Morgan fingerprint density at radius 3 is 2.29 bits per heavy atom. The number of hydrogen-bond donors (Lipinski definition) is 1. The van der Waals surface area contributed by atoms with Gasteiger partial charge in [-0.1, -0.05) is 35.9 Å². The predicted molar refractivity (Wildman–Crippen MR) is 89.2 cm³/mol. The van der Waals surface area contributed by atoms with E-state index in [-0.39, 0.29) is 0 Å². The number of hydrogen-bond acceptors (Lipinski definition) is 2. The van der Waals surface area contributed by atoms with Crippen LogP contribution in [-0.4, -0.2) is 14.2 Å². The first-order valence-electron chi connectivity index (χ1n) is 7.43. The fourth-order valence-electron chi connectivity index (χ4n) is 3.01. The fraction of sp³-hybridized carbons (Fsp3) is 0.368. The molecular weight excluding hydrogens is 258 g/mol. The molecule has 0 saturated carbocycles. The maximum absolute atomic E-state index is 5.51. The highest BCUT2D eigenvalue weighted by Gasteiger charge is 2.17. The maximum Gasteiger partial charge on any atom is 0.122 e. The van der Waals surface area contributed by atoms with E-state index in [9.17, 15) is 0 Å². The van der Waals surface area contributed by atoms with Gasteiger partial charge in [0.25, 0.3) is 0 Å². The van der Waals surface area contributed by atoms with Crippen molar-refractivity contribution in [2.75, 3.05) is 14.2 Å². The highest BCUT2D eigenvalue weighted by molar-refractivity contribution is 5.41. The Kier molecular flexibility index (Phi) is 5.03. The second kappa shape index (κ2) is 6.77. The van der Waals surface area contributed by atoms with Gasteiger partial charge in [-0.25, -0.2) is 0 Å². The fourth-order valence-corrected chi connectivity index (χ4v) is 3.01. The van der Waals surface area contributed by atoms with E-state index in [2.05, 4.69) is 62.5 Å². The summed E-state index contributed by atoms with van der Waals surface area (Å²) in [5.41, 5.74) is 6.58. The van der Waals surface area contributed by atoms with Crippen LogP contribution in [0, 0.1) is 20.8 Å². The van der Waals surface area contributed by atoms with Gasteiger partial charge in [-0.15, -0.1) is 0 Å². The maximum atomic E-state index is 5.51. The lowest BCUT2D eigenvalue weighted by Crippen LogP contribution is -2.21. The minimum absolute atomic E-state index is 0.293. The Labute approximate surface area is 128 Å². The minimum atomic E-state index is 0.293. The van der Waals surface area contributed by atoms with Crippen LogP contribution in [0.15, 0.2) is 36.4 Å². The molecule has 2 aromatic rings. The van der Waals surface area contributed by atoms with Gasteiger partial charge in [-0.2, -0.15) is 0 Å². The van der Waals surface area contributed by atoms with Crippen LogP contribution in [0.25, 0.3) is 0 Å². The molecule has 0 aliphatic carbocycles. The van der Waals surface area contributed by atoms with E-state index in [1.165, 1.54) is 27.8 Å². The summed E-state index contributed by atoms with van der Waals surface area (Å²) in [6.07, 6.45) is 0.924. The molecule has 0 aromatic heterocycles. The van der Waals surface area contributed by atoms with Gasteiger partial charge >= 0.3 is 0 Å². The summed E-state index contributed by atoms with van der Waals surface area (Å²) in [6.45, 7) is 6.48. The van der Waals surface area contributed by atoms with Crippen molar-refractivity contribution in [2.24, 2.45) is 0 Å². The van der Waals surface area contributed by atoms with E-state index in [1.807, 2.05) is 7.05 Å². The van der Waals surface area contributed by atoms with Gasteiger partial charge in [0, 0.05) is 6.04 Å². The molecule has 0 amide bonds. The summed E-state index contributed by atoms with van der Waals surface area (Å²) in [5.74, 6) is 0.965. The number of ether oxygens (including phenoxy) is 1. The first-order chi connectivity index (χ1) is 10.1. The van der Waals surface area contributed by atoms with Gasteiger partial charge in [0.1, 0.15) is 5.75 Å². The highest BCUT2D eigenvalue weighted by Crippen LogP contribution is 2.29. The second-order valence-corrected chi connectivity index (χ2v) is 5.67. The van der Waals surface area contributed by atoms with E-state index >= 15 is 0 Å². The minimum Gasteiger partial charge on any atom is -0.496 e. The molecule has 21 heavy (non-hydrogen) atoms. The van der Waals surface area contributed by atoms with Crippen molar-refractivity contribution in [3.8, 4) is 5.75 Å². The topological polar surface area (TPSA) is 21.3 Å². The van der Waals surface area contributed by atoms with Crippen LogP contribution < -0.4 is 10.1 Å². The predicted octanol–water partition coefficient (Wildman–Crippen LogP) is 4.12. The van der Waals surface area contributed by atoms with Gasteiger partial charge in [0.15, 0.2) is 0 Å². The standard InChI is InChI=1S/C19H25NO/c1-13-9-10-18(21-5)16(11-13)12-17(20-4)19-14(2)7-6-8-15(19)3/h6-11,17,20H,12H2,1-5H3. The Morgan fingerprint density at radius 1 is 1.05 bits per heavy atom. The van der Waals surface area contributed by atoms with E-state index < -0.39 is 0 Å². The SMILES string of the molecule is CNC(Cc1cc(C)ccc1OC)c1c(C)cccc1C. The lowest BCUT2D eigenvalue weighted by molar-refractivity contribution is 0.406. The highest BCUT2D eigenvalue weighted by atomic mass is 16.5. The molecule has 0 heterocycles. The van der Waals surface area contributed by atoms with Gasteiger partial charge in [-0.05, 0) is 62.6 Å². The van der Waals surface area contributed by atoms with Crippen LogP contribution in [0.3, 0.4) is 0 Å². The lowest BCUT2D eigenvalue weighted by Gasteiger charge is -2.22. The smallest absolute Gasteiger partial charge is 0.122 e. The van der Waals surface area contributed by atoms with E-state index in [0.29, 0.717) is 6.04 Å². The van der Waals surface area contributed by atoms with Crippen molar-refractivity contribution in [3.63, 3.8) is 0 Å². The number of benzene rings is 2. The molecule has 0 fully saturated rings. The van der Waals surface area contributed by atoms with Crippen LogP contribution in [0.2, 0.25) is 0 Å². The third-order valence-electron chi connectivity index (χ3n) is 4.10. The van der Waals surface area contributed by atoms with Gasteiger partial charge < -0.3 is 10.1 Å². The number of rotatable bonds is 5. The van der Waals surface area contributed by atoms with Gasteiger partial charge in [0.2, 0.25) is 0 Å². The summed E-state index contributed by atoms with van der Waals surface area (Å²) < 4.78 is 5.51. The van der Waals surface area contributed by atoms with Crippen molar-refractivity contribution < 1.29 is 4.74 Å². The molecule has 2 rings (SSSR count). The van der Waals surface area contributed by atoms with Crippen LogP contribution in [-0.2, 0) is 6.42 Å². The summed E-state index contributed by atoms with van der Waals surface area (Å²) in [4.78, 5) is 0. The summed E-state index contributed by atoms with van der Waals surface area (Å²) in [6, 6.07) is 13.1. The van der Waals surface area contributed by atoms with E-state index in [0.717, 1.165) is 12.2 Å². The summed E-state index contributed by atoms with van der Waals surface area (Å²) >= 11 is 0. The first kappa shape index (κ1) is 15.6. The summed E-state index contributed by atoms with van der Waals surface area (Å²) in [5, 5.41) is 3.46.